The van der Waals surface area contributed by atoms with E-state index in [-0.39, 0.29) is 35.8 Å². The summed E-state index contributed by atoms with van der Waals surface area (Å²) in [5.41, 5.74) is -0.816. The predicted molar refractivity (Wildman–Crippen MR) is 96.2 cm³/mol. The third-order valence-electron chi connectivity index (χ3n) is 5.95. The molecule has 3 aliphatic rings. The zero-order valence-corrected chi connectivity index (χ0v) is 15.3. The van der Waals surface area contributed by atoms with Crippen molar-refractivity contribution in [1.82, 2.24) is 14.9 Å². The van der Waals surface area contributed by atoms with Crippen LogP contribution in [0.2, 0.25) is 0 Å². The summed E-state index contributed by atoms with van der Waals surface area (Å²) in [6, 6.07) is 4.62. The third kappa shape index (κ3) is 2.95. The topological polar surface area (TPSA) is 75.2 Å². The summed E-state index contributed by atoms with van der Waals surface area (Å²) in [4.78, 5) is 34.0. The van der Waals surface area contributed by atoms with Gasteiger partial charge in [0.15, 0.2) is 11.5 Å². The van der Waals surface area contributed by atoms with Gasteiger partial charge in [-0.3, -0.25) is 14.9 Å². The number of rotatable bonds is 4. The highest BCUT2D eigenvalue weighted by molar-refractivity contribution is 6.01. The molecule has 2 fully saturated rings. The minimum Gasteiger partial charge on any atom is -0.328 e. The minimum atomic E-state index is -1.94. The van der Waals surface area contributed by atoms with Crippen LogP contribution in [0.1, 0.15) is 40.7 Å². The van der Waals surface area contributed by atoms with Gasteiger partial charge < -0.3 is 4.90 Å². The Hall–Kier alpha value is -2.97. The van der Waals surface area contributed by atoms with E-state index < -0.39 is 23.6 Å². The van der Waals surface area contributed by atoms with E-state index in [9.17, 15) is 22.8 Å². The van der Waals surface area contributed by atoms with E-state index in [1.807, 2.05) is 0 Å². The Balaban J connectivity index is 1.36. The number of hydrogen-bond acceptors (Lipinski definition) is 4. The van der Waals surface area contributed by atoms with Gasteiger partial charge in [0, 0.05) is 23.9 Å². The number of anilines is 1. The molecule has 1 aliphatic heterocycles. The lowest BCUT2D eigenvalue weighted by Gasteiger charge is -2.34. The first-order chi connectivity index (χ1) is 13.8. The van der Waals surface area contributed by atoms with Crippen molar-refractivity contribution in [2.24, 2.45) is 0 Å². The van der Waals surface area contributed by atoms with Crippen molar-refractivity contribution in [3.63, 3.8) is 0 Å². The second kappa shape index (κ2) is 6.01. The van der Waals surface area contributed by atoms with Gasteiger partial charge in [-0.2, -0.15) is 0 Å². The molecule has 0 saturated heterocycles. The molecule has 150 valence electrons. The number of halogens is 3. The fourth-order valence-electron chi connectivity index (χ4n) is 4.04. The number of alkyl halides is 2. The van der Waals surface area contributed by atoms with Gasteiger partial charge in [0.05, 0.1) is 12.4 Å². The average Bonchev–Trinajstić information content (AvgIpc) is 3.60. The van der Waals surface area contributed by atoms with E-state index in [2.05, 4.69) is 15.3 Å². The molecule has 5 rings (SSSR count). The Bertz CT molecular complexity index is 1020. The second-order valence-corrected chi connectivity index (χ2v) is 8.01. The lowest BCUT2D eigenvalue weighted by molar-refractivity contribution is -0.117. The fourth-order valence-corrected chi connectivity index (χ4v) is 4.04. The standard InChI is InChI=1S/C20H17F3N4O2/c21-12-7-24-18(25-8-12)26-16(28)9-27-10-19(3-4-19)14-5-11(20(23)6-15(20)22)1-2-13(14)17(27)29/h1-2,5,7-8,15H,3-4,6,9-10H2,(H,24,25,26,28)/t15-,20-/m1/s1. The van der Waals surface area contributed by atoms with Crippen LogP contribution in [0.4, 0.5) is 19.1 Å². The normalized spacial score (nSPS) is 26.2. The van der Waals surface area contributed by atoms with Crippen LogP contribution in [-0.2, 0) is 15.9 Å². The van der Waals surface area contributed by atoms with E-state index in [1.165, 1.54) is 17.0 Å². The molecule has 2 amide bonds. The van der Waals surface area contributed by atoms with Gasteiger partial charge in [0.1, 0.15) is 12.7 Å². The summed E-state index contributed by atoms with van der Waals surface area (Å²) in [6.45, 7) is 0.125. The summed E-state index contributed by atoms with van der Waals surface area (Å²) in [6.07, 6.45) is 1.85. The average molecular weight is 402 g/mol. The first-order valence-electron chi connectivity index (χ1n) is 9.35. The molecule has 2 aromatic rings. The number of benzene rings is 1. The molecule has 1 aromatic heterocycles. The molecule has 2 aliphatic carbocycles. The van der Waals surface area contributed by atoms with Gasteiger partial charge in [-0.25, -0.2) is 23.1 Å². The van der Waals surface area contributed by atoms with Gasteiger partial charge in [-0.15, -0.1) is 0 Å². The van der Waals surface area contributed by atoms with Gasteiger partial charge in [0.2, 0.25) is 11.9 Å². The van der Waals surface area contributed by atoms with Crippen molar-refractivity contribution in [2.45, 2.75) is 36.5 Å². The van der Waals surface area contributed by atoms with Gasteiger partial charge in [-0.1, -0.05) is 12.1 Å². The van der Waals surface area contributed by atoms with Crippen molar-refractivity contribution in [3.8, 4) is 0 Å². The van der Waals surface area contributed by atoms with Gasteiger partial charge in [-0.05, 0) is 30.0 Å². The number of carbonyl (C=O) groups is 2. The Morgan fingerprint density at radius 2 is 1.97 bits per heavy atom. The third-order valence-corrected chi connectivity index (χ3v) is 5.95. The number of fused-ring (bicyclic) bond motifs is 2. The molecule has 1 aromatic carbocycles. The quantitative estimate of drug-likeness (QED) is 0.853. The second-order valence-electron chi connectivity index (χ2n) is 8.01. The molecule has 6 nitrogen and oxygen atoms in total. The Morgan fingerprint density at radius 3 is 2.59 bits per heavy atom. The summed E-state index contributed by atoms with van der Waals surface area (Å²) in [7, 11) is 0. The lowest BCUT2D eigenvalue weighted by atomic mass is 9.84. The molecule has 0 radical (unpaired) electrons. The van der Waals surface area contributed by atoms with Crippen LogP contribution in [0.5, 0.6) is 0 Å². The monoisotopic (exact) mass is 402 g/mol. The molecule has 2 saturated carbocycles. The van der Waals surface area contributed by atoms with E-state index in [1.54, 1.807) is 6.07 Å². The van der Waals surface area contributed by atoms with Gasteiger partial charge >= 0.3 is 0 Å². The molecule has 9 heteroatoms. The maximum absolute atomic E-state index is 14.5. The van der Waals surface area contributed by atoms with Gasteiger partial charge in [0.25, 0.3) is 5.91 Å². The fraction of sp³-hybridized carbons (Fsp3) is 0.400. The smallest absolute Gasteiger partial charge is 0.254 e. The van der Waals surface area contributed by atoms with Crippen LogP contribution in [0, 0.1) is 5.82 Å². The van der Waals surface area contributed by atoms with Crippen molar-refractivity contribution in [2.75, 3.05) is 18.4 Å². The van der Waals surface area contributed by atoms with E-state index in [0.29, 0.717) is 12.1 Å². The molecule has 1 spiro atoms. The predicted octanol–water partition coefficient (Wildman–Crippen LogP) is 2.65. The van der Waals surface area contributed by atoms with E-state index >= 15 is 0 Å². The first kappa shape index (κ1) is 18.1. The SMILES string of the molecule is O=C(CN1CC2(CC2)c2cc([C@]3(F)C[C@H]3F)ccc2C1=O)Nc1ncc(F)cn1. The number of carbonyl (C=O) groups excluding carboxylic acids is 2. The van der Waals surface area contributed by atoms with Crippen LogP contribution in [0.3, 0.4) is 0 Å². The number of nitrogens with one attached hydrogen (secondary N) is 1. The molecular formula is C20H17F3N4O2. The summed E-state index contributed by atoms with van der Waals surface area (Å²) < 4.78 is 40.8. The maximum Gasteiger partial charge on any atom is 0.254 e. The summed E-state index contributed by atoms with van der Waals surface area (Å²) in [5, 5.41) is 2.44. The van der Waals surface area contributed by atoms with Crippen molar-refractivity contribution in [3.05, 3.63) is 53.1 Å². The molecular weight excluding hydrogens is 385 g/mol. The molecule has 1 N–H and O–H groups in total. The lowest BCUT2D eigenvalue weighted by Crippen LogP contribution is -2.47. The van der Waals surface area contributed by atoms with Crippen LogP contribution in [0.15, 0.2) is 30.6 Å². The molecule has 0 bridgehead atoms. The van der Waals surface area contributed by atoms with Crippen molar-refractivity contribution in [1.29, 1.82) is 0 Å². The molecule has 0 unspecified atom stereocenters. The molecule has 2 heterocycles. The van der Waals surface area contributed by atoms with Crippen LogP contribution in [0.25, 0.3) is 0 Å². The number of aromatic nitrogens is 2. The highest BCUT2D eigenvalue weighted by Gasteiger charge is 2.59. The summed E-state index contributed by atoms with van der Waals surface area (Å²) in [5.74, 6) is -1.51. The largest absolute Gasteiger partial charge is 0.328 e. The number of nitrogens with zero attached hydrogens (tertiary/aromatic N) is 3. The van der Waals surface area contributed by atoms with Crippen molar-refractivity contribution >= 4 is 17.8 Å². The van der Waals surface area contributed by atoms with E-state index in [0.717, 1.165) is 30.8 Å². The Morgan fingerprint density at radius 1 is 1.28 bits per heavy atom. The number of amides is 2. The Kier molecular flexibility index (Phi) is 3.75. The Labute approximate surface area is 164 Å². The highest BCUT2D eigenvalue weighted by Crippen LogP contribution is 2.56. The van der Waals surface area contributed by atoms with Crippen LogP contribution in [-0.4, -0.2) is 45.9 Å². The molecule has 2 atom stereocenters. The van der Waals surface area contributed by atoms with Crippen LogP contribution < -0.4 is 5.32 Å². The molecule has 29 heavy (non-hydrogen) atoms. The summed E-state index contributed by atoms with van der Waals surface area (Å²) >= 11 is 0. The number of hydrogen-bond donors (Lipinski definition) is 1. The van der Waals surface area contributed by atoms with E-state index in [4.69, 9.17) is 0 Å². The zero-order chi connectivity index (χ0) is 20.4. The van der Waals surface area contributed by atoms with Crippen molar-refractivity contribution < 1.29 is 22.8 Å². The maximum atomic E-state index is 14.5. The van der Waals surface area contributed by atoms with Crippen LogP contribution >= 0.6 is 0 Å². The zero-order valence-electron chi connectivity index (χ0n) is 15.3. The first-order valence-corrected chi connectivity index (χ1v) is 9.35. The minimum absolute atomic E-state index is 0.0505. The highest BCUT2D eigenvalue weighted by atomic mass is 19.2.